The Morgan fingerprint density at radius 2 is 0.857 bits per heavy atom. The predicted molar refractivity (Wildman–Crippen MR) is 304 cm³/mol. The minimum Gasteiger partial charge on any atom is -0.391 e. The number of phosphoric ester groups is 1. The maximum absolute atomic E-state index is 12.9. The number of carbonyl (C=O) groups excluding carboxylic acids is 1. The van der Waals surface area contributed by atoms with E-state index in [1.54, 1.807) is 0 Å². The maximum atomic E-state index is 12.9. The van der Waals surface area contributed by atoms with Crippen molar-refractivity contribution in [1.29, 1.82) is 0 Å². The first kappa shape index (κ1) is 66.9. The van der Waals surface area contributed by atoms with E-state index in [2.05, 4.69) is 141 Å². The van der Waals surface area contributed by atoms with Gasteiger partial charge in [-0.25, -0.2) is 4.57 Å². The number of amides is 1. The van der Waals surface area contributed by atoms with E-state index in [0.29, 0.717) is 23.9 Å². The smallest absolute Gasteiger partial charge is 0.391 e. The largest absolute Gasteiger partial charge is 0.472 e. The van der Waals surface area contributed by atoms with Crippen LogP contribution >= 0.6 is 7.82 Å². The molecule has 400 valence electrons. The summed E-state index contributed by atoms with van der Waals surface area (Å²) in [4.78, 5) is 23.2. The van der Waals surface area contributed by atoms with E-state index in [9.17, 15) is 19.4 Å². The van der Waals surface area contributed by atoms with E-state index in [-0.39, 0.29) is 19.1 Å². The molecule has 0 aromatic rings. The van der Waals surface area contributed by atoms with E-state index in [0.717, 1.165) is 109 Å². The molecule has 9 heteroatoms. The molecule has 0 aromatic carbocycles. The number of nitrogens with zero attached hydrogens (tertiary/aromatic N) is 1. The van der Waals surface area contributed by atoms with Gasteiger partial charge in [0, 0.05) is 6.42 Å². The van der Waals surface area contributed by atoms with Crippen molar-refractivity contribution in [3.05, 3.63) is 122 Å². The van der Waals surface area contributed by atoms with Gasteiger partial charge in [0.15, 0.2) is 0 Å². The Bertz CT molecular complexity index is 1550. The molecule has 0 saturated heterocycles. The molecule has 8 nitrogen and oxygen atoms in total. The lowest BCUT2D eigenvalue weighted by Crippen LogP contribution is -2.46. The molecule has 0 spiro atoms. The van der Waals surface area contributed by atoms with Gasteiger partial charge in [0.05, 0.1) is 39.9 Å². The first-order valence-electron chi connectivity index (χ1n) is 27.9. The van der Waals surface area contributed by atoms with E-state index < -0.39 is 20.0 Å². The van der Waals surface area contributed by atoms with Crippen LogP contribution in [0.3, 0.4) is 0 Å². The van der Waals surface area contributed by atoms with Crippen LogP contribution in [0.25, 0.3) is 0 Å². The highest BCUT2D eigenvalue weighted by Crippen LogP contribution is 2.43. The van der Waals surface area contributed by atoms with Crippen molar-refractivity contribution in [2.45, 2.75) is 219 Å². The van der Waals surface area contributed by atoms with Crippen LogP contribution in [0.2, 0.25) is 0 Å². The molecule has 0 radical (unpaired) electrons. The van der Waals surface area contributed by atoms with Gasteiger partial charge in [0.2, 0.25) is 5.91 Å². The SMILES string of the molecule is CC/C=C\C/C=C\C/C=C\C/C=C\C/C=C\C/C=C\C/C=C\C/C=C\C/C=C\C/C=C\CCCCCCCCCCC(=O)NC(COP(=O)(O)OCC[N+](C)(C)C)C(O)CCCCCCCCCCC. The monoisotopic (exact) mass is 994 g/mol. The summed E-state index contributed by atoms with van der Waals surface area (Å²) in [5, 5.41) is 13.9. The summed E-state index contributed by atoms with van der Waals surface area (Å²) in [5.41, 5.74) is 0. The number of hydrogen-bond donors (Lipinski definition) is 3. The van der Waals surface area contributed by atoms with Crippen LogP contribution in [0.4, 0.5) is 0 Å². The summed E-state index contributed by atoms with van der Waals surface area (Å²) in [5.74, 6) is -0.161. The average Bonchev–Trinajstić information content (AvgIpc) is 3.32. The maximum Gasteiger partial charge on any atom is 0.472 e. The van der Waals surface area contributed by atoms with Crippen LogP contribution in [-0.2, 0) is 18.4 Å². The third-order valence-corrected chi connectivity index (χ3v) is 12.7. The fraction of sp³-hybridized carbons (Fsp3) is 0.656. The Balaban J connectivity index is 4.05. The number of nitrogens with one attached hydrogen (secondary N) is 1. The Kier molecular flexibility index (Phi) is 48.6. The summed E-state index contributed by atoms with van der Waals surface area (Å²) in [6.07, 6.45) is 75.5. The molecule has 3 N–H and O–H groups in total. The highest BCUT2D eigenvalue weighted by molar-refractivity contribution is 7.47. The molecule has 70 heavy (non-hydrogen) atoms. The number of likely N-dealkylation sites (N-methyl/N-ethyl adjacent to an activating group) is 1. The molecule has 0 aliphatic carbocycles. The third kappa shape index (κ3) is 52.7. The van der Waals surface area contributed by atoms with Gasteiger partial charge in [-0.2, -0.15) is 0 Å². The van der Waals surface area contributed by atoms with Crippen molar-refractivity contribution in [3.63, 3.8) is 0 Å². The minimum atomic E-state index is -4.32. The molecule has 0 aliphatic rings. The van der Waals surface area contributed by atoms with E-state index in [1.807, 2.05) is 21.1 Å². The zero-order chi connectivity index (χ0) is 51.3. The number of carbonyl (C=O) groups is 1. The normalized spacial score (nSPS) is 14.9. The Morgan fingerprint density at radius 3 is 1.26 bits per heavy atom. The standard InChI is InChI=1S/C61H105N2O6P/c1-6-8-10-12-14-16-17-18-19-20-21-22-23-24-25-26-27-28-29-30-31-32-33-34-35-36-37-38-39-40-41-42-43-44-45-47-49-51-53-55-61(65)62-59(58-69-70(66,67)68-57-56-63(3,4)5)60(64)54-52-50-48-46-15-13-11-9-7-2/h8,10,14,16,18-19,21-22,24-25,27-28,30-31,33-34,36-37,39-40,59-60,64H,6-7,9,11-13,15,17,20,23,26,29,32,35,38,41-58H2,1-5H3,(H-,62,65,66,67)/p+1/b10-8-,16-14-,19-18-,22-21-,25-24-,28-27-,31-30-,34-33-,37-36-,40-39-. The lowest BCUT2D eigenvalue weighted by molar-refractivity contribution is -0.870. The lowest BCUT2D eigenvalue weighted by Gasteiger charge is -2.26. The Morgan fingerprint density at radius 1 is 0.500 bits per heavy atom. The van der Waals surface area contributed by atoms with Crippen LogP contribution < -0.4 is 5.32 Å². The number of quaternary nitrogens is 1. The quantitative estimate of drug-likeness (QED) is 0.0243. The molecule has 3 unspecified atom stereocenters. The van der Waals surface area contributed by atoms with Crippen molar-refractivity contribution in [1.82, 2.24) is 5.32 Å². The van der Waals surface area contributed by atoms with Gasteiger partial charge in [0.1, 0.15) is 13.2 Å². The summed E-state index contributed by atoms with van der Waals surface area (Å²) in [6, 6.07) is -0.771. The predicted octanol–water partition coefficient (Wildman–Crippen LogP) is 17.0. The van der Waals surface area contributed by atoms with Crippen molar-refractivity contribution in [2.75, 3.05) is 40.9 Å². The summed E-state index contributed by atoms with van der Waals surface area (Å²) < 4.78 is 23.6. The zero-order valence-corrected chi connectivity index (χ0v) is 46.4. The number of rotatable bonds is 49. The molecular weight excluding hydrogens is 888 g/mol. The fourth-order valence-corrected chi connectivity index (χ4v) is 8.10. The van der Waals surface area contributed by atoms with Gasteiger partial charge in [-0.05, 0) is 89.9 Å². The van der Waals surface area contributed by atoms with Gasteiger partial charge in [0.25, 0.3) is 0 Å². The summed E-state index contributed by atoms with van der Waals surface area (Å²) >= 11 is 0. The van der Waals surface area contributed by atoms with E-state index in [1.165, 1.54) is 70.6 Å². The van der Waals surface area contributed by atoms with Crippen LogP contribution in [0.5, 0.6) is 0 Å². The molecule has 0 rings (SSSR count). The fourth-order valence-electron chi connectivity index (χ4n) is 7.37. The van der Waals surface area contributed by atoms with E-state index in [4.69, 9.17) is 9.05 Å². The molecule has 0 heterocycles. The number of unbranched alkanes of at least 4 members (excludes halogenated alkanes) is 16. The molecule has 1 amide bonds. The molecule has 0 fully saturated rings. The number of phosphoric acid groups is 1. The second-order valence-corrected chi connectivity index (χ2v) is 21.0. The van der Waals surface area contributed by atoms with Crippen LogP contribution in [0.15, 0.2) is 122 Å². The van der Waals surface area contributed by atoms with Crippen LogP contribution in [-0.4, -0.2) is 73.4 Å². The number of aliphatic hydroxyl groups excluding tert-OH is 1. The van der Waals surface area contributed by atoms with Gasteiger partial charge < -0.3 is 19.8 Å². The van der Waals surface area contributed by atoms with Crippen LogP contribution in [0, 0.1) is 0 Å². The molecule has 0 aliphatic heterocycles. The lowest BCUT2D eigenvalue weighted by atomic mass is 10.0. The van der Waals surface area contributed by atoms with Gasteiger partial charge in [-0.1, -0.05) is 232 Å². The zero-order valence-electron chi connectivity index (χ0n) is 45.5. The van der Waals surface area contributed by atoms with Crippen molar-refractivity contribution in [3.8, 4) is 0 Å². The van der Waals surface area contributed by atoms with Crippen LogP contribution in [0.1, 0.15) is 206 Å². The molecular formula is C61H106N2O6P+. The first-order valence-corrected chi connectivity index (χ1v) is 29.4. The number of aliphatic hydroxyl groups is 1. The molecule has 0 bridgehead atoms. The van der Waals surface area contributed by atoms with E-state index >= 15 is 0 Å². The third-order valence-electron chi connectivity index (χ3n) is 11.7. The van der Waals surface area contributed by atoms with Gasteiger partial charge in [-0.3, -0.25) is 13.8 Å². The average molecular weight is 995 g/mol. The topological polar surface area (TPSA) is 105 Å². The summed E-state index contributed by atoms with van der Waals surface area (Å²) in [7, 11) is 1.59. The molecule has 3 atom stereocenters. The minimum absolute atomic E-state index is 0.0669. The molecule has 0 aromatic heterocycles. The van der Waals surface area contributed by atoms with Crippen molar-refractivity contribution >= 4 is 13.7 Å². The Labute approximate surface area is 431 Å². The highest BCUT2D eigenvalue weighted by atomic mass is 31.2. The van der Waals surface area contributed by atoms with Gasteiger partial charge >= 0.3 is 7.82 Å². The van der Waals surface area contributed by atoms with Crippen molar-refractivity contribution < 1.29 is 32.9 Å². The van der Waals surface area contributed by atoms with Crippen molar-refractivity contribution in [2.24, 2.45) is 0 Å². The number of allylic oxidation sites excluding steroid dienone is 20. The second-order valence-electron chi connectivity index (χ2n) is 19.6. The second kappa shape index (κ2) is 50.8. The molecule has 0 saturated carbocycles. The van der Waals surface area contributed by atoms with Gasteiger partial charge in [-0.15, -0.1) is 0 Å². The first-order chi connectivity index (χ1) is 34.0. The highest BCUT2D eigenvalue weighted by Gasteiger charge is 2.28. The number of hydrogen-bond acceptors (Lipinski definition) is 5. The Hall–Kier alpha value is -3.10. The summed E-state index contributed by atoms with van der Waals surface area (Å²) in [6.45, 7) is 4.72.